The Morgan fingerprint density at radius 1 is 1.14 bits per heavy atom. The van der Waals surface area contributed by atoms with Gasteiger partial charge < -0.3 is 4.74 Å². The van der Waals surface area contributed by atoms with Gasteiger partial charge in [0.15, 0.2) is 0 Å². The topological polar surface area (TPSA) is 9.23 Å². The van der Waals surface area contributed by atoms with Gasteiger partial charge in [0.2, 0.25) is 0 Å². The molecule has 0 saturated heterocycles. The minimum Gasteiger partial charge on any atom is -0.489 e. The summed E-state index contributed by atoms with van der Waals surface area (Å²) in [6, 6.07) is 8.98. The average molecular weight is 312 g/mol. The summed E-state index contributed by atoms with van der Waals surface area (Å²) in [5.41, 5.74) is 0.695. The summed E-state index contributed by atoms with van der Waals surface area (Å²) in [5.74, 6) is 0.441. The van der Waals surface area contributed by atoms with Crippen LogP contribution in [0.4, 0.5) is 13.2 Å². The van der Waals surface area contributed by atoms with Crippen LogP contribution in [0.25, 0.3) is 11.1 Å². The Morgan fingerprint density at radius 2 is 1.86 bits per heavy atom. The fourth-order valence-electron chi connectivity index (χ4n) is 2.48. The first-order valence-electron chi connectivity index (χ1n) is 6.35. The summed E-state index contributed by atoms with van der Waals surface area (Å²) >= 11 is 6.11. The van der Waals surface area contributed by atoms with E-state index >= 15 is 0 Å². The predicted molar refractivity (Wildman–Crippen MR) is 75.4 cm³/mol. The van der Waals surface area contributed by atoms with Crippen molar-refractivity contribution in [1.82, 2.24) is 0 Å². The SMILES string of the molecule is [CH2]C1Cc2cc(C(F)(F)F)cc(-c3ccccc3Cl)c2O1. The Hall–Kier alpha value is -1.68. The molecule has 1 unspecified atom stereocenters. The monoisotopic (exact) mass is 311 g/mol. The Bertz CT molecular complexity index is 694. The number of benzene rings is 2. The molecule has 0 fully saturated rings. The van der Waals surface area contributed by atoms with Crippen LogP contribution in [-0.4, -0.2) is 6.10 Å². The number of rotatable bonds is 1. The van der Waals surface area contributed by atoms with Gasteiger partial charge in [0.1, 0.15) is 11.9 Å². The van der Waals surface area contributed by atoms with E-state index in [4.69, 9.17) is 16.3 Å². The smallest absolute Gasteiger partial charge is 0.416 e. The molecule has 109 valence electrons. The largest absolute Gasteiger partial charge is 0.489 e. The highest BCUT2D eigenvalue weighted by Crippen LogP contribution is 2.44. The van der Waals surface area contributed by atoms with Gasteiger partial charge >= 0.3 is 6.18 Å². The Morgan fingerprint density at radius 3 is 2.52 bits per heavy atom. The molecule has 1 radical (unpaired) electrons. The lowest BCUT2D eigenvalue weighted by molar-refractivity contribution is -0.137. The zero-order chi connectivity index (χ0) is 15.2. The molecule has 0 N–H and O–H groups in total. The van der Waals surface area contributed by atoms with E-state index in [9.17, 15) is 13.2 Å². The zero-order valence-corrected chi connectivity index (χ0v) is 11.6. The van der Waals surface area contributed by atoms with Crippen molar-refractivity contribution in [2.75, 3.05) is 0 Å². The Labute approximate surface area is 125 Å². The van der Waals surface area contributed by atoms with Crippen LogP contribution in [0.15, 0.2) is 36.4 Å². The van der Waals surface area contributed by atoms with Crippen LogP contribution < -0.4 is 4.74 Å². The highest BCUT2D eigenvalue weighted by molar-refractivity contribution is 6.33. The van der Waals surface area contributed by atoms with Crippen molar-refractivity contribution < 1.29 is 17.9 Å². The first-order chi connectivity index (χ1) is 9.86. The molecule has 1 aliphatic heterocycles. The second-order valence-corrected chi connectivity index (χ2v) is 5.34. The zero-order valence-electron chi connectivity index (χ0n) is 10.9. The maximum absolute atomic E-state index is 13.1. The van der Waals surface area contributed by atoms with E-state index in [-0.39, 0.29) is 6.10 Å². The molecule has 2 aromatic rings. The average Bonchev–Trinajstić information content (AvgIpc) is 2.77. The van der Waals surface area contributed by atoms with Gasteiger partial charge in [-0.1, -0.05) is 29.8 Å². The van der Waals surface area contributed by atoms with E-state index in [1.54, 1.807) is 24.3 Å². The van der Waals surface area contributed by atoms with Gasteiger partial charge in [-0.15, -0.1) is 0 Å². The van der Waals surface area contributed by atoms with Crippen LogP contribution in [-0.2, 0) is 12.6 Å². The molecule has 0 aromatic heterocycles. The molecule has 3 rings (SSSR count). The lowest BCUT2D eigenvalue weighted by atomic mass is 9.97. The molecule has 1 heterocycles. The normalized spacial score (nSPS) is 17.5. The van der Waals surface area contributed by atoms with Crippen LogP contribution in [0.3, 0.4) is 0 Å². The first kappa shape index (κ1) is 14.3. The fourth-order valence-corrected chi connectivity index (χ4v) is 2.71. The van der Waals surface area contributed by atoms with Gasteiger partial charge in [-0.05, 0) is 30.7 Å². The summed E-state index contributed by atoms with van der Waals surface area (Å²) in [6.07, 6.45) is -4.44. The summed E-state index contributed by atoms with van der Waals surface area (Å²) in [5, 5.41) is 0.384. The van der Waals surface area contributed by atoms with Gasteiger partial charge in [-0.2, -0.15) is 13.2 Å². The highest BCUT2D eigenvalue weighted by Gasteiger charge is 2.34. The molecule has 0 spiro atoms. The van der Waals surface area contributed by atoms with Gasteiger partial charge in [0.05, 0.1) is 5.56 Å². The van der Waals surface area contributed by atoms with E-state index in [0.29, 0.717) is 33.9 Å². The second kappa shape index (κ2) is 4.95. The molecule has 1 aliphatic rings. The maximum Gasteiger partial charge on any atom is 0.416 e. The van der Waals surface area contributed by atoms with Crippen molar-refractivity contribution in [3.63, 3.8) is 0 Å². The van der Waals surface area contributed by atoms with Crippen LogP contribution in [0.1, 0.15) is 11.1 Å². The van der Waals surface area contributed by atoms with Crippen LogP contribution in [0.2, 0.25) is 5.02 Å². The third-order valence-corrected chi connectivity index (χ3v) is 3.72. The minimum absolute atomic E-state index is 0.358. The highest BCUT2D eigenvalue weighted by atomic mass is 35.5. The van der Waals surface area contributed by atoms with Crippen molar-refractivity contribution in [3.8, 4) is 16.9 Å². The van der Waals surface area contributed by atoms with Gasteiger partial charge in [-0.3, -0.25) is 0 Å². The summed E-state index contributed by atoms with van der Waals surface area (Å²) in [7, 11) is 0. The van der Waals surface area contributed by atoms with E-state index < -0.39 is 11.7 Å². The number of hydrogen-bond acceptors (Lipinski definition) is 1. The number of alkyl halides is 3. The molecule has 0 aliphatic carbocycles. The molecule has 21 heavy (non-hydrogen) atoms. The van der Waals surface area contributed by atoms with E-state index in [1.165, 1.54) is 0 Å². The van der Waals surface area contributed by atoms with Crippen molar-refractivity contribution in [1.29, 1.82) is 0 Å². The number of fused-ring (bicyclic) bond motifs is 1. The lowest BCUT2D eigenvalue weighted by Crippen LogP contribution is -2.06. The molecular weight excluding hydrogens is 301 g/mol. The van der Waals surface area contributed by atoms with Crippen molar-refractivity contribution in [2.24, 2.45) is 0 Å². The van der Waals surface area contributed by atoms with Gasteiger partial charge in [0, 0.05) is 22.6 Å². The third-order valence-electron chi connectivity index (χ3n) is 3.39. The lowest BCUT2D eigenvalue weighted by Gasteiger charge is -2.14. The first-order valence-corrected chi connectivity index (χ1v) is 6.73. The van der Waals surface area contributed by atoms with E-state index in [1.807, 2.05) is 0 Å². The number of halogens is 4. The van der Waals surface area contributed by atoms with E-state index in [2.05, 4.69) is 6.92 Å². The third kappa shape index (κ3) is 2.60. The van der Waals surface area contributed by atoms with Crippen LogP contribution in [0.5, 0.6) is 5.75 Å². The van der Waals surface area contributed by atoms with Crippen LogP contribution in [0, 0.1) is 6.92 Å². The molecule has 0 amide bonds. The predicted octanol–water partition coefficient (Wildman–Crippen LogP) is 5.16. The number of ether oxygens (including phenoxy) is 1. The Kier molecular flexibility index (Phi) is 3.36. The minimum atomic E-state index is -4.41. The summed E-state index contributed by atoms with van der Waals surface area (Å²) in [6.45, 7) is 3.76. The van der Waals surface area contributed by atoms with E-state index in [0.717, 1.165) is 12.1 Å². The maximum atomic E-state index is 13.1. The van der Waals surface area contributed by atoms with Crippen molar-refractivity contribution >= 4 is 11.6 Å². The second-order valence-electron chi connectivity index (χ2n) is 4.93. The molecule has 0 bridgehead atoms. The van der Waals surface area contributed by atoms with Gasteiger partial charge in [0.25, 0.3) is 0 Å². The van der Waals surface area contributed by atoms with Gasteiger partial charge in [-0.25, -0.2) is 0 Å². The van der Waals surface area contributed by atoms with Crippen molar-refractivity contribution in [2.45, 2.75) is 18.7 Å². The molecule has 0 saturated carbocycles. The fraction of sp³-hybridized carbons (Fsp3) is 0.188. The molecule has 5 heteroatoms. The molecule has 1 nitrogen and oxygen atoms in total. The quantitative estimate of drug-likeness (QED) is 0.706. The summed E-state index contributed by atoms with van der Waals surface area (Å²) < 4.78 is 44.8. The van der Waals surface area contributed by atoms with Crippen LogP contribution >= 0.6 is 11.6 Å². The molecule has 2 aromatic carbocycles. The standard InChI is InChI=1S/C16H11ClF3O/c1-9-6-10-7-11(16(18,19)20)8-13(15(10)21-9)12-4-2-3-5-14(12)17/h2-5,7-9H,1,6H2. The Balaban J connectivity index is 2.25. The molecule has 1 atom stereocenters. The summed E-state index contributed by atoms with van der Waals surface area (Å²) in [4.78, 5) is 0. The molecular formula is C16H11ClF3O. The number of hydrogen-bond donors (Lipinski definition) is 0. The van der Waals surface area contributed by atoms with Crippen molar-refractivity contribution in [3.05, 3.63) is 59.5 Å².